The minimum Gasteiger partial charge on any atom is -0.466 e. The van der Waals surface area contributed by atoms with E-state index in [1.165, 1.54) is 11.8 Å². The van der Waals surface area contributed by atoms with Gasteiger partial charge in [0, 0.05) is 30.5 Å². The molecule has 0 aliphatic carbocycles. The molecule has 0 spiro atoms. The first kappa shape index (κ1) is 28.2. The number of anilines is 1. The number of ether oxygens (including phenoxy) is 1. The molecule has 1 fully saturated rings. The van der Waals surface area contributed by atoms with E-state index in [2.05, 4.69) is 36.8 Å². The van der Waals surface area contributed by atoms with Crippen molar-refractivity contribution in [3.8, 4) is 22.5 Å². The van der Waals surface area contributed by atoms with Crippen molar-refractivity contribution in [1.29, 1.82) is 0 Å². The van der Waals surface area contributed by atoms with Crippen LogP contribution in [0.2, 0.25) is 0 Å². The summed E-state index contributed by atoms with van der Waals surface area (Å²) in [5.41, 5.74) is 4.44. The normalized spacial score (nSPS) is 16.5. The van der Waals surface area contributed by atoms with Crippen LogP contribution in [-0.4, -0.2) is 56.4 Å². The summed E-state index contributed by atoms with van der Waals surface area (Å²) in [6, 6.07) is 25.9. The summed E-state index contributed by atoms with van der Waals surface area (Å²) in [5, 5.41) is 16.4. The van der Waals surface area contributed by atoms with Gasteiger partial charge in [0.1, 0.15) is 0 Å². The van der Waals surface area contributed by atoms with Gasteiger partial charge >= 0.3 is 5.97 Å². The number of hydrogen-bond donors (Lipinski definition) is 1. The maximum absolute atomic E-state index is 13.3. The molecule has 1 aliphatic rings. The van der Waals surface area contributed by atoms with Crippen LogP contribution < -0.4 is 10.2 Å². The number of aromatic nitrogens is 5. The monoisotopic (exact) mass is 575 g/mol. The molecule has 1 saturated heterocycles. The molecule has 0 radical (unpaired) electrons. The first-order valence-corrected chi connectivity index (χ1v) is 14.5. The zero-order valence-electron chi connectivity index (χ0n) is 24.2. The van der Waals surface area contributed by atoms with Crippen LogP contribution in [0.3, 0.4) is 0 Å². The van der Waals surface area contributed by atoms with Gasteiger partial charge in [-0.05, 0) is 58.5 Å². The first-order chi connectivity index (χ1) is 21.0. The third-order valence-electron chi connectivity index (χ3n) is 7.98. The van der Waals surface area contributed by atoms with E-state index in [0.29, 0.717) is 38.2 Å². The highest BCUT2D eigenvalue weighted by Crippen LogP contribution is 2.35. The summed E-state index contributed by atoms with van der Waals surface area (Å²) in [5.74, 6) is -0.0398. The fourth-order valence-electron chi connectivity index (χ4n) is 5.84. The van der Waals surface area contributed by atoms with E-state index in [9.17, 15) is 9.59 Å². The van der Waals surface area contributed by atoms with Gasteiger partial charge in [0.15, 0.2) is 11.5 Å². The third kappa shape index (κ3) is 5.37. The molecule has 1 N–H and O–H groups in total. The smallest absolute Gasteiger partial charge is 0.347 e. The summed E-state index contributed by atoms with van der Waals surface area (Å²) in [7, 11) is 1.43. The number of rotatable bonds is 9. The Hall–Kier alpha value is -4.96. The van der Waals surface area contributed by atoms with Gasteiger partial charge in [-0.15, -0.1) is 5.10 Å². The van der Waals surface area contributed by atoms with Gasteiger partial charge < -0.3 is 9.64 Å². The number of esters is 1. The highest BCUT2D eigenvalue weighted by atomic mass is 16.5. The lowest BCUT2D eigenvalue weighted by Gasteiger charge is -2.38. The molecule has 6 rings (SSSR count). The molecule has 2 aromatic heterocycles. The maximum atomic E-state index is 13.3. The Morgan fingerprint density at radius 1 is 1.00 bits per heavy atom. The van der Waals surface area contributed by atoms with E-state index < -0.39 is 5.66 Å². The van der Waals surface area contributed by atoms with E-state index in [0.717, 1.165) is 45.3 Å². The number of para-hydroxylation sites is 1. The average molecular weight is 576 g/mol. The third-order valence-corrected chi connectivity index (χ3v) is 7.98. The van der Waals surface area contributed by atoms with Crippen molar-refractivity contribution in [3.63, 3.8) is 0 Å². The summed E-state index contributed by atoms with van der Waals surface area (Å²) in [6.45, 7) is 3.11. The van der Waals surface area contributed by atoms with Gasteiger partial charge in [0.05, 0.1) is 24.5 Å². The molecule has 10 nitrogen and oxygen atoms in total. The van der Waals surface area contributed by atoms with Crippen LogP contribution in [0.15, 0.2) is 85.1 Å². The quantitative estimate of drug-likeness (QED) is 0.186. The van der Waals surface area contributed by atoms with Crippen molar-refractivity contribution in [2.75, 3.05) is 18.6 Å². The SMILES string of the molecule is CCCC(=O)n1nnnc1-c1ccccc1-c1ccc(CNC2(C(=O)OC)CCCN2c2cnc3ccccc3c2)cc1. The second kappa shape index (κ2) is 12.1. The maximum Gasteiger partial charge on any atom is 0.347 e. The molecule has 0 amide bonds. The molecule has 0 bridgehead atoms. The number of tetrazole rings is 1. The van der Waals surface area contributed by atoms with E-state index in [1.807, 2.05) is 85.9 Å². The minimum absolute atomic E-state index is 0.140. The van der Waals surface area contributed by atoms with Gasteiger partial charge in [-0.1, -0.05) is 73.7 Å². The Bertz CT molecular complexity index is 1770. The zero-order valence-corrected chi connectivity index (χ0v) is 24.2. The number of carbonyl (C=O) groups excluding carboxylic acids is 2. The molecule has 3 heterocycles. The van der Waals surface area contributed by atoms with Crippen LogP contribution >= 0.6 is 0 Å². The predicted octanol–water partition coefficient (Wildman–Crippen LogP) is 5.25. The number of carbonyl (C=O) groups is 2. The van der Waals surface area contributed by atoms with Gasteiger partial charge in [0.2, 0.25) is 5.91 Å². The van der Waals surface area contributed by atoms with Crippen LogP contribution in [0.5, 0.6) is 0 Å². The second-order valence-electron chi connectivity index (χ2n) is 10.6. The lowest BCUT2D eigenvalue weighted by atomic mass is 9.98. The number of pyridine rings is 1. The number of nitrogens with zero attached hydrogens (tertiary/aromatic N) is 6. The zero-order chi connectivity index (χ0) is 29.8. The highest BCUT2D eigenvalue weighted by Gasteiger charge is 2.48. The van der Waals surface area contributed by atoms with E-state index >= 15 is 0 Å². The van der Waals surface area contributed by atoms with Crippen LogP contribution in [0.25, 0.3) is 33.4 Å². The molecule has 5 aromatic rings. The molecule has 1 aliphatic heterocycles. The number of fused-ring (bicyclic) bond motifs is 1. The summed E-state index contributed by atoms with van der Waals surface area (Å²) >= 11 is 0. The van der Waals surface area contributed by atoms with E-state index in [-0.39, 0.29) is 11.9 Å². The largest absolute Gasteiger partial charge is 0.466 e. The van der Waals surface area contributed by atoms with Crippen LogP contribution in [0, 0.1) is 0 Å². The summed E-state index contributed by atoms with van der Waals surface area (Å²) < 4.78 is 6.61. The van der Waals surface area contributed by atoms with E-state index in [1.54, 1.807) is 0 Å². The fraction of sp³-hybridized carbons (Fsp3) is 0.273. The highest BCUT2D eigenvalue weighted by molar-refractivity contribution is 5.88. The minimum atomic E-state index is -1.01. The van der Waals surface area contributed by atoms with Crippen molar-refractivity contribution in [2.45, 2.75) is 44.8 Å². The summed E-state index contributed by atoms with van der Waals surface area (Å²) in [4.78, 5) is 32.6. The number of nitrogens with one attached hydrogen (secondary N) is 1. The van der Waals surface area contributed by atoms with Crippen molar-refractivity contribution in [3.05, 3.63) is 90.6 Å². The molecule has 1 unspecified atom stereocenters. The first-order valence-electron chi connectivity index (χ1n) is 14.5. The van der Waals surface area contributed by atoms with Crippen LogP contribution in [-0.2, 0) is 16.1 Å². The molecule has 218 valence electrons. The Balaban J connectivity index is 1.25. The standard InChI is InChI=1S/C33H33N7O3/c1-3-9-30(41)40-31(36-37-38-40)28-12-6-5-11-27(28)24-16-14-23(15-17-24)21-35-33(32(42)43-2)18-8-19-39(33)26-20-25-10-4-7-13-29(25)34-22-26/h4-7,10-17,20,22,35H,3,8-9,18-19,21H2,1-2H3. The fourth-order valence-corrected chi connectivity index (χ4v) is 5.84. The van der Waals surface area contributed by atoms with Crippen LogP contribution in [0.4, 0.5) is 5.69 Å². The van der Waals surface area contributed by atoms with Gasteiger partial charge in [-0.25, -0.2) is 4.79 Å². The summed E-state index contributed by atoms with van der Waals surface area (Å²) in [6.07, 6.45) is 4.35. The van der Waals surface area contributed by atoms with Crippen molar-refractivity contribution in [1.82, 2.24) is 30.5 Å². The Labute approximate surface area is 249 Å². The number of benzene rings is 3. The van der Waals surface area contributed by atoms with Gasteiger partial charge in [0.25, 0.3) is 0 Å². The molecular weight excluding hydrogens is 542 g/mol. The Kier molecular flexibility index (Phi) is 7.93. The second-order valence-corrected chi connectivity index (χ2v) is 10.6. The molecule has 3 aromatic carbocycles. The molecular formula is C33H33N7O3. The van der Waals surface area contributed by atoms with Crippen molar-refractivity contribution >= 4 is 28.5 Å². The molecule has 1 atom stereocenters. The molecule has 10 heteroatoms. The van der Waals surface area contributed by atoms with E-state index in [4.69, 9.17) is 4.74 Å². The van der Waals surface area contributed by atoms with Crippen LogP contribution in [0.1, 0.15) is 43.0 Å². The lowest BCUT2D eigenvalue weighted by molar-refractivity contribution is -0.148. The predicted molar refractivity (Wildman–Crippen MR) is 164 cm³/mol. The number of hydrogen-bond acceptors (Lipinski definition) is 9. The Morgan fingerprint density at radius 3 is 2.56 bits per heavy atom. The molecule has 43 heavy (non-hydrogen) atoms. The van der Waals surface area contributed by atoms with Gasteiger partial charge in [-0.2, -0.15) is 4.68 Å². The van der Waals surface area contributed by atoms with Crippen molar-refractivity contribution < 1.29 is 14.3 Å². The van der Waals surface area contributed by atoms with Gasteiger partial charge in [-0.3, -0.25) is 15.1 Å². The Morgan fingerprint density at radius 2 is 1.77 bits per heavy atom. The topological polar surface area (TPSA) is 115 Å². The molecule has 0 saturated carbocycles. The average Bonchev–Trinajstić information content (AvgIpc) is 3.72. The van der Waals surface area contributed by atoms with Crippen molar-refractivity contribution in [2.24, 2.45) is 0 Å². The lowest BCUT2D eigenvalue weighted by Crippen LogP contribution is -2.61. The number of methoxy groups -OCH3 is 1.